The molecule has 2 aromatic rings. The number of hydrogen-bond acceptors (Lipinski definition) is 1. The largest absolute Gasteiger partial charge is 0.352 e. The quantitative estimate of drug-likeness (QED) is 0.902. The van der Waals surface area contributed by atoms with E-state index in [0.29, 0.717) is 18.5 Å². The Bertz CT molecular complexity index is 628. The molecule has 104 valence electrons. The van der Waals surface area contributed by atoms with Gasteiger partial charge < -0.3 is 5.32 Å². The fourth-order valence-corrected chi connectivity index (χ4v) is 2.33. The second-order valence-corrected chi connectivity index (χ2v) is 5.40. The van der Waals surface area contributed by atoms with Crippen molar-refractivity contribution in [3.63, 3.8) is 0 Å². The van der Waals surface area contributed by atoms with Gasteiger partial charge >= 0.3 is 0 Å². The first-order valence-corrected chi connectivity index (χ1v) is 7.15. The number of benzene rings is 2. The molecule has 0 aliphatic heterocycles. The molecule has 2 nitrogen and oxygen atoms in total. The van der Waals surface area contributed by atoms with E-state index in [4.69, 9.17) is 0 Å². The van der Waals surface area contributed by atoms with Crippen molar-refractivity contribution in [1.82, 2.24) is 5.32 Å². The Balaban J connectivity index is 1.94. The third-order valence-corrected chi connectivity index (χ3v) is 3.96. The first-order valence-electron chi connectivity index (χ1n) is 6.35. The van der Waals surface area contributed by atoms with Crippen LogP contribution in [0.25, 0.3) is 0 Å². The van der Waals surface area contributed by atoms with Crippen molar-refractivity contribution < 1.29 is 9.18 Å². The fourth-order valence-electron chi connectivity index (χ4n) is 1.96. The molecule has 0 fully saturated rings. The zero-order valence-corrected chi connectivity index (χ0v) is 12.7. The number of halogens is 2. The van der Waals surface area contributed by atoms with Crippen LogP contribution in [0.1, 0.15) is 21.5 Å². The van der Waals surface area contributed by atoms with Crippen molar-refractivity contribution >= 4 is 21.8 Å². The van der Waals surface area contributed by atoms with Gasteiger partial charge in [-0.1, -0.05) is 34.1 Å². The second-order valence-electron chi connectivity index (χ2n) is 4.55. The molecule has 0 aliphatic rings. The first kappa shape index (κ1) is 14.7. The minimum absolute atomic E-state index is 0.111. The van der Waals surface area contributed by atoms with Gasteiger partial charge in [0.05, 0.1) is 0 Å². The molecule has 2 aromatic carbocycles. The smallest absolute Gasteiger partial charge is 0.251 e. The van der Waals surface area contributed by atoms with Crippen LogP contribution >= 0.6 is 15.9 Å². The van der Waals surface area contributed by atoms with E-state index < -0.39 is 0 Å². The van der Waals surface area contributed by atoms with Crippen molar-refractivity contribution in [2.45, 2.75) is 13.3 Å². The summed E-state index contributed by atoms with van der Waals surface area (Å²) < 4.78 is 13.9. The number of amides is 1. The maximum absolute atomic E-state index is 13.0. The predicted octanol–water partition coefficient (Wildman–Crippen LogP) is 3.87. The lowest BCUT2D eigenvalue weighted by atomic mass is 10.1. The molecule has 1 N–H and O–H groups in total. The average Bonchev–Trinajstić information content (AvgIpc) is 2.42. The molecule has 0 unspecified atom stereocenters. The first-order chi connectivity index (χ1) is 9.58. The summed E-state index contributed by atoms with van der Waals surface area (Å²) in [6.07, 6.45) is 0.608. The zero-order chi connectivity index (χ0) is 14.5. The van der Waals surface area contributed by atoms with Crippen molar-refractivity contribution in [3.8, 4) is 0 Å². The highest BCUT2D eigenvalue weighted by Gasteiger charge is 2.09. The molecular formula is C16H15BrFNO. The van der Waals surface area contributed by atoms with E-state index >= 15 is 0 Å². The third-order valence-electron chi connectivity index (χ3n) is 3.10. The van der Waals surface area contributed by atoms with Crippen molar-refractivity contribution in [2.75, 3.05) is 6.54 Å². The molecule has 4 heteroatoms. The van der Waals surface area contributed by atoms with Crippen LogP contribution in [0, 0.1) is 12.7 Å². The van der Waals surface area contributed by atoms with Crippen LogP contribution in [0.4, 0.5) is 4.39 Å². The van der Waals surface area contributed by atoms with Crippen LogP contribution in [0.2, 0.25) is 0 Å². The van der Waals surface area contributed by atoms with E-state index in [9.17, 15) is 9.18 Å². The van der Waals surface area contributed by atoms with E-state index in [-0.39, 0.29) is 11.7 Å². The lowest BCUT2D eigenvalue weighted by Gasteiger charge is -2.09. The van der Waals surface area contributed by atoms with Gasteiger partial charge in [0.1, 0.15) is 5.82 Å². The van der Waals surface area contributed by atoms with Crippen molar-refractivity contribution in [2.24, 2.45) is 0 Å². The Kier molecular flexibility index (Phi) is 4.90. The van der Waals surface area contributed by atoms with Gasteiger partial charge in [-0.15, -0.1) is 0 Å². The van der Waals surface area contributed by atoms with Crippen LogP contribution < -0.4 is 5.32 Å². The Hall–Kier alpha value is -1.68. The summed E-state index contributed by atoms with van der Waals surface area (Å²) in [7, 11) is 0. The van der Waals surface area contributed by atoms with Gasteiger partial charge in [-0.05, 0) is 48.7 Å². The van der Waals surface area contributed by atoms with Crippen LogP contribution in [0.3, 0.4) is 0 Å². The van der Waals surface area contributed by atoms with E-state index in [1.54, 1.807) is 12.1 Å². The van der Waals surface area contributed by atoms with E-state index in [1.807, 2.05) is 25.1 Å². The van der Waals surface area contributed by atoms with Crippen LogP contribution in [0.15, 0.2) is 46.9 Å². The van der Waals surface area contributed by atoms with Crippen LogP contribution in [0.5, 0.6) is 0 Å². The van der Waals surface area contributed by atoms with Crippen LogP contribution in [-0.4, -0.2) is 12.5 Å². The van der Waals surface area contributed by atoms with Crippen molar-refractivity contribution in [1.29, 1.82) is 0 Å². The molecule has 0 spiro atoms. The molecule has 2 rings (SSSR count). The minimum atomic E-state index is -0.253. The zero-order valence-electron chi connectivity index (χ0n) is 11.1. The molecule has 0 aliphatic carbocycles. The summed E-state index contributed by atoms with van der Waals surface area (Å²) in [5.41, 5.74) is 2.44. The summed E-state index contributed by atoms with van der Waals surface area (Å²) in [6, 6.07) is 11.9. The highest BCUT2D eigenvalue weighted by atomic mass is 79.9. The molecule has 0 saturated carbocycles. The van der Waals surface area contributed by atoms with Gasteiger partial charge in [0, 0.05) is 16.6 Å². The maximum atomic E-state index is 13.0. The van der Waals surface area contributed by atoms with Gasteiger partial charge in [-0.2, -0.15) is 0 Å². The number of rotatable bonds is 4. The predicted molar refractivity (Wildman–Crippen MR) is 81.3 cm³/mol. The summed E-state index contributed by atoms with van der Waals surface area (Å²) in [5.74, 6) is -0.364. The Labute approximate surface area is 126 Å². The summed E-state index contributed by atoms with van der Waals surface area (Å²) >= 11 is 3.41. The SMILES string of the molecule is Cc1c(Br)cccc1C(=O)NCCc1cccc(F)c1. The molecule has 0 saturated heterocycles. The van der Waals surface area contributed by atoms with Gasteiger partial charge in [0.25, 0.3) is 5.91 Å². The highest BCUT2D eigenvalue weighted by molar-refractivity contribution is 9.10. The molecule has 0 atom stereocenters. The van der Waals surface area contributed by atoms with Gasteiger partial charge in [-0.25, -0.2) is 4.39 Å². The van der Waals surface area contributed by atoms with Crippen LogP contribution in [-0.2, 0) is 6.42 Å². The molecule has 0 aromatic heterocycles. The second kappa shape index (κ2) is 6.66. The number of nitrogens with one attached hydrogen (secondary N) is 1. The minimum Gasteiger partial charge on any atom is -0.352 e. The van der Waals surface area contributed by atoms with E-state index in [2.05, 4.69) is 21.2 Å². The Morgan fingerprint density at radius 2 is 2.00 bits per heavy atom. The summed E-state index contributed by atoms with van der Waals surface area (Å²) in [5, 5.41) is 2.85. The molecule has 0 heterocycles. The lowest BCUT2D eigenvalue weighted by Crippen LogP contribution is -2.26. The van der Waals surface area contributed by atoms with Gasteiger partial charge in [0.15, 0.2) is 0 Å². The average molecular weight is 336 g/mol. The van der Waals surface area contributed by atoms with Gasteiger partial charge in [0.2, 0.25) is 0 Å². The molecule has 1 amide bonds. The topological polar surface area (TPSA) is 29.1 Å². The lowest BCUT2D eigenvalue weighted by molar-refractivity contribution is 0.0953. The monoisotopic (exact) mass is 335 g/mol. The molecule has 20 heavy (non-hydrogen) atoms. The fraction of sp³-hybridized carbons (Fsp3) is 0.188. The maximum Gasteiger partial charge on any atom is 0.251 e. The number of carbonyl (C=O) groups excluding carboxylic acids is 1. The van der Waals surface area contributed by atoms with Crippen molar-refractivity contribution in [3.05, 3.63) is 69.4 Å². The standard InChI is InChI=1S/C16H15BrFNO/c1-11-14(6-3-7-15(11)17)16(20)19-9-8-12-4-2-5-13(18)10-12/h2-7,10H,8-9H2,1H3,(H,19,20). The van der Waals surface area contributed by atoms with E-state index in [1.165, 1.54) is 12.1 Å². The summed E-state index contributed by atoms with van der Waals surface area (Å²) in [6.45, 7) is 2.37. The highest BCUT2D eigenvalue weighted by Crippen LogP contribution is 2.19. The molecular weight excluding hydrogens is 321 g/mol. The Morgan fingerprint density at radius 1 is 1.25 bits per heavy atom. The van der Waals surface area contributed by atoms with E-state index in [0.717, 1.165) is 15.6 Å². The Morgan fingerprint density at radius 3 is 2.75 bits per heavy atom. The third kappa shape index (κ3) is 3.67. The van der Waals surface area contributed by atoms with Gasteiger partial charge in [-0.3, -0.25) is 4.79 Å². The normalized spacial score (nSPS) is 10.3. The summed E-state index contributed by atoms with van der Waals surface area (Å²) in [4.78, 5) is 12.1. The number of hydrogen-bond donors (Lipinski definition) is 1. The molecule has 0 bridgehead atoms. The number of carbonyl (C=O) groups is 1. The molecule has 0 radical (unpaired) electrons.